The first-order valence-electron chi connectivity index (χ1n) is 10.8. The van der Waals surface area contributed by atoms with Gasteiger partial charge in [-0.15, -0.1) is 0 Å². The van der Waals surface area contributed by atoms with Crippen molar-refractivity contribution in [3.8, 4) is 0 Å². The fourth-order valence-electron chi connectivity index (χ4n) is 4.50. The number of fused-ring (bicyclic) bond motifs is 1. The lowest BCUT2D eigenvalue weighted by Gasteiger charge is -2.27. The van der Waals surface area contributed by atoms with E-state index in [4.69, 9.17) is 16.3 Å². The van der Waals surface area contributed by atoms with Gasteiger partial charge in [-0.25, -0.2) is 4.39 Å². The van der Waals surface area contributed by atoms with Crippen molar-refractivity contribution in [1.82, 2.24) is 9.88 Å². The summed E-state index contributed by atoms with van der Waals surface area (Å²) in [5, 5.41) is 4.38. The highest BCUT2D eigenvalue weighted by atomic mass is 35.5. The molecule has 5 nitrogen and oxygen atoms in total. The van der Waals surface area contributed by atoms with Crippen molar-refractivity contribution in [1.29, 1.82) is 0 Å². The van der Waals surface area contributed by atoms with E-state index in [-0.39, 0.29) is 23.4 Å². The van der Waals surface area contributed by atoms with E-state index < -0.39 is 11.7 Å². The van der Waals surface area contributed by atoms with Crippen LogP contribution in [0.5, 0.6) is 0 Å². The third kappa shape index (κ3) is 4.80. The number of methoxy groups -OCH3 is 1. The van der Waals surface area contributed by atoms with E-state index in [9.17, 15) is 14.0 Å². The van der Waals surface area contributed by atoms with Gasteiger partial charge in [-0.3, -0.25) is 9.59 Å². The Morgan fingerprint density at radius 2 is 1.81 bits per heavy atom. The molecule has 1 N–H and O–H groups in total. The van der Waals surface area contributed by atoms with Crippen molar-refractivity contribution >= 4 is 34.4 Å². The third-order valence-corrected chi connectivity index (χ3v) is 6.56. The summed E-state index contributed by atoms with van der Waals surface area (Å²) in [6, 6.07) is 12.4. The lowest BCUT2D eigenvalue weighted by molar-refractivity contribution is -0.146. The van der Waals surface area contributed by atoms with Crippen LogP contribution in [0.3, 0.4) is 0 Å². The van der Waals surface area contributed by atoms with E-state index in [2.05, 4.69) is 5.32 Å². The van der Waals surface area contributed by atoms with Gasteiger partial charge < -0.3 is 14.6 Å². The number of esters is 1. The first kappa shape index (κ1) is 22.3. The molecule has 1 aliphatic carbocycles. The number of rotatable bonds is 6. The zero-order valence-corrected chi connectivity index (χ0v) is 18.7. The standard InChI is InChI=1S/C25H26ClFN2O3/c1-32-25(31)19-6-2-16(3-7-19)14-28-24(30)22-21(27)11-8-18-12-13-29(23(18)22)15-17-4-9-20(26)10-5-17/h4-5,8-13,16,19H,2-3,6-7,14-15H2,1H3,(H,28,30). The maximum Gasteiger partial charge on any atom is 0.308 e. The minimum Gasteiger partial charge on any atom is -0.469 e. The van der Waals surface area contributed by atoms with E-state index in [1.165, 1.54) is 13.2 Å². The number of hydrogen-bond donors (Lipinski definition) is 1. The average molecular weight is 457 g/mol. The highest BCUT2D eigenvalue weighted by Gasteiger charge is 2.27. The summed E-state index contributed by atoms with van der Waals surface area (Å²) in [6.07, 6.45) is 5.03. The molecular formula is C25H26ClFN2O3. The van der Waals surface area contributed by atoms with Crippen LogP contribution in [-0.2, 0) is 16.1 Å². The number of carbonyl (C=O) groups excluding carboxylic acids is 2. The zero-order valence-electron chi connectivity index (χ0n) is 17.9. The fraction of sp³-hybridized carbons (Fsp3) is 0.360. The second-order valence-electron chi connectivity index (χ2n) is 8.38. The molecule has 4 rings (SSSR count). The number of hydrogen-bond acceptors (Lipinski definition) is 3. The monoisotopic (exact) mass is 456 g/mol. The van der Waals surface area contributed by atoms with E-state index in [1.807, 2.05) is 41.1 Å². The summed E-state index contributed by atoms with van der Waals surface area (Å²) in [5.41, 5.74) is 1.64. The van der Waals surface area contributed by atoms with E-state index in [0.717, 1.165) is 36.6 Å². The first-order valence-corrected chi connectivity index (χ1v) is 11.2. The van der Waals surface area contributed by atoms with Crippen LogP contribution >= 0.6 is 11.6 Å². The number of benzene rings is 2. The van der Waals surface area contributed by atoms with Gasteiger partial charge in [-0.2, -0.15) is 0 Å². The Labute approximate surface area is 191 Å². The van der Waals surface area contributed by atoms with Crippen molar-refractivity contribution in [2.24, 2.45) is 11.8 Å². The summed E-state index contributed by atoms with van der Waals surface area (Å²) in [5.74, 6) is -0.917. The number of halogens is 2. The summed E-state index contributed by atoms with van der Waals surface area (Å²) in [7, 11) is 1.41. The predicted octanol–water partition coefficient (Wildman–Crippen LogP) is 5.19. The van der Waals surface area contributed by atoms with Crippen LogP contribution in [0.25, 0.3) is 10.9 Å². The molecule has 2 aromatic carbocycles. The zero-order chi connectivity index (χ0) is 22.7. The summed E-state index contributed by atoms with van der Waals surface area (Å²) < 4.78 is 21.5. The summed E-state index contributed by atoms with van der Waals surface area (Å²) in [4.78, 5) is 24.7. The Morgan fingerprint density at radius 3 is 2.50 bits per heavy atom. The van der Waals surface area contributed by atoms with Crippen LogP contribution in [0.15, 0.2) is 48.7 Å². The Bertz CT molecular complexity index is 1120. The van der Waals surface area contributed by atoms with Gasteiger partial charge in [0, 0.05) is 29.7 Å². The van der Waals surface area contributed by atoms with Crippen LogP contribution < -0.4 is 5.32 Å². The first-order chi connectivity index (χ1) is 15.5. The van der Waals surface area contributed by atoms with Gasteiger partial charge in [0.15, 0.2) is 0 Å². The molecule has 0 saturated heterocycles. The van der Waals surface area contributed by atoms with Crippen molar-refractivity contribution in [2.75, 3.05) is 13.7 Å². The normalized spacial score (nSPS) is 18.5. The molecule has 0 bridgehead atoms. The number of amides is 1. The van der Waals surface area contributed by atoms with E-state index in [0.29, 0.717) is 23.6 Å². The molecule has 1 heterocycles. The summed E-state index contributed by atoms with van der Waals surface area (Å²) in [6.45, 7) is 0.961. The highest BCUT2D eigenvalue weighted by molar-refractivity contribution is 6.30. The molecule has 0 radical (unpaired) electrons. The highest BCUT2D eigenvalue weighted by Crippen LogP contribution is 2.30. The molecule has 32 heavy (non-hydrogen) atoms. The van der Waals surface area contributed by atoms with Crippen molar-refractivity contribution in [2.45, 2.75) is 32.2 Å². The molecule has 1 fully saturated rings. The van der Waals surface area contributed by atoms with Gasteiger partial charge in [0.05, 0.1) is 24.1 Å². The molecule has 0 aliphatic heterocycles. The molecule has 0 spiro atoms. The van der Waals surface area contributed by atoms with E-state index >= 15 is 0 Å². The van der Waals surface area contributed by atoms with Gasteiger partial charge in [0.1, 0.15) is 5.82 Å². The van der Waals surface area contributed by atoms with E-state index in [1.54, 1.807) is 6.07 Å². The lowest BCUT2D eigenvalue weighted by Crippen LogP contribution is -2.33. The van der Waals surface area contributed by atoms with Crippen molar-refractivity contribution < 1.29 is 18.7 Å². The molecule has 7 heteroatoms. The minimum atomic E-state index is -0.541. The molecule has 0 atom stereocenters. The number of nitrogens with zero attached hydrogens (tertiary/aromatic N) is 1. The minimum absolute atomic E-state index is 0.0599. The Hall–Kier alpha value is -2.86. The second-order valence-corrected chi connectivity index (χ2v) is 8.82. The molecular weight excluding hydrogens is 431 g/mol. The number of nitrogens with one attached hydrogen (secondary N) is 1. The molecule has 0 unspecified atom stereocenters. The Morgan fingerprint density at radius 1 is 1.09 bits per heavy atom. The van der Waals surface area contributed by atoms with Crippen molar-refractivity contribution in [3.05, 3.63) is 70.6 Å². The van der Waals surface area contributed by atoms with Gasteiger partial charge in [0.2, 0.25) is 0 Å². The molecule has 1 aliphatic rings. The van der Waals surface area contributed by atoms with Gasteiger partial charge >= 0.3 is 5.97 Å². The smallest absolute Gasteiger partial charge is 0.308 e. The van der Waals surface area contributed by atoms with Crippen LogP contribution in [-0.4, -0.2) is 30.1 Å². The maximum absolute atomic E-state index is 14.8. The summed E-state index contributed by atoms with van der Waals surface area (Å²) >= 11 is 5.97. The second kappa shape index (κ2) is 9.74. The topological polar surface area (TPSA) is 60.3 Å². The number of ether oxygens (including phenoxy) is 1. The number of aromatic nitrogens is 1. The maximum atomic E-state index is 14.8. The quantitative estimate of drug-likeness (QED) is 0.519. The lowest BCUT2D eigenvalue weighted by atomic mass is 9.82. The van der Waals surface area contributed by atoms with Gasteiger partial charge in [-0.05, 0) is 67.5 Å². The number of carbonyl (C=O) groups is 2. The average Bonchev–Trinajstić information content (AvgIpc) is 3.21. The predicted molar refractivity (Wildman–Crippen MR) is 122 cm³/mol. The Balaban J connectivity index is 1.49. The van der Waals surface area contributed by atoms with Crippen LogP contribution in [0.4, 0.5) is 4.39 Å². The molecule has 1 saturated carbocycles. The van der Waals surface area contributed by atoms with Crippen LogP contribution in [0, 0.1) is 17.7 Å². The SMILES string of the molecule is COC(=O)C1CCC(CNC(=O)c2c(F)ccc3ccn(Cc4ccc(Cl)cc4)c23)CC1. The molecule has 1 amide bonds. The van der Waals surface area contributed by atoms with Crippen LogP contribution in [0.1, 0.15) is 41.6 Å². The Kier molecular flexibility index (Phi) is 6.80. The largest absolute Gasteiger partial charge is 0.469 e. The molecule has 168 valence electrons. The molecule has 1 aromatic heterocycles. The van der Waals surface area contributed by atoms with Gasteiger partial charge in [-0.1, -0.05) is 23.7 Å². The van der Waals surface area contributed by atoms with Crippen molar-refractivity contribution in [3.63, 3.8) is 0 Å². The van der Waals surface area contributed by atoms with Crippen LogP contribution in [0.2, 0.25) is 5.02 Å². The third-order valence-electron chi connectivity index (χ3n) is 6.31. The van der Waals surface area contributed by atoms with Gasteiger partial charge in [0.25, 0.3) is 5.91 Å². The molecule has 3 aromatic rings. The fourth-order valence-corrected chi connectivity index (χ4v) is 4.63.